The third-order valence-electron chi connectivity index (χ3n) is 2.17. The average molecular weight is 274 g/mol. The number of allylic oxidation sites excluding steroid dienone is 2. The third-order valence-corrected chi connectivity index (χ3v) is 6.49. The van der Waals surface area contributed by atoms with Gasteiger partial charge in [-0.25, -0.2) is 0 Å². The van der Waals surface area contributed by atoms with E-state index in [4.69, 9.17) is 33.2 Å². The minimum absolute atomic E-state index is 0.124. The smallest absolute Gasteiger partial charge is 0.125 e. The molecule has 0 aromatic rings. The fraction of sp³-hybridized carbons (Fsp3) is 0.800. The molecule has 1 atom stereocenters. The summed E-state index contributed by atoms with van der Waals surface area (Å²) in [7, 11) is 0. The van der Waals surface area contributed by atoms with Crippen LogP contribution in [0.4, 0.5) is 0 Å². The Balaban J connectivity index is 3.53. The van der Waals surface area contributed by atoms with Gasteiger partial charge in [-0.05, 0) is 12.8 Å². The fourth-order valence-electron chi connectivity index (χ4n) is 1.10. The van der Waals surface area contributed by atoms with Crippen molar-refractivity contribution in [2.24, 2.45) is 0 Å². The van der Waals surface area contributed by atoms with E-state index in [2.05, 4.69) is 13.0 Å². The summed E-state index contributed by atoms with van der Waals surface area (Å²) in [6.45, 7) is 4.19. The van der Waals surface area contributed by atoms with Crippen LogP contribution in [0.1, 0.15) is 46.0 Å². The Morgan fingerprint density at radius 2 is 1.79 bits per heavy atom. The van der Waals surface area contributed by atoms with E-state index >= 15 is 0 Å². The molecule has 0 amide bonds. The van der Waals surface area contributed by atoms with Crippen LogP contribution in [-0.2, 0) is 0 Å². The van der Waals surface area contributed by atoms with Crippen molar-refractivity contribution in [2.45, 2.75) is 51.5 Å². The first-order chi connectivity index (χ1) is 6.48. The average Bonchev–Trinajstić information content (AvgIpc) is 2.09. The van der Waals surface area contributed by atoms with Crippen molar-refractivity contribution in [3.8, 4) is 0 Å². The molecule has 0 fully saturated rings. The lowest BCUT2D eigenvalue weighted by Crippen LogP contribution is -2.14. The van der Waals surface area contributed by atoms with Crippen LogP contribution >= 0.6 is 33.2 Å². The highest BCUT2D eigenvalue weighted by atomic mass is 35.8. The number of hydrogen-bond donors (Lipinski definition) is 0. The van der Waals surface area contributed by atoms with E-state index in [1.165, 1.54) is 25.7 Å². The first kappa shape index (κ1) is 14.8. The highest BCUT2D eigenvalue weighted by molar-refractivity contribution is 7.65. The Morgan fingerprint density at radius 3 is 2.29 bits per heavy atom. The predicted molar refractivity (Wildman–Crippen MR) is 70.6 cm³/mol. The van der Waals surface area contributed by atoms with Gasteiger partial charge < -0.3 is 0 Å². The summed E-state index contributed by atoms with van der Waals surface area (Å²) in [6.07, 6.45) is 10.5. The van der Waals surface area contributed by atoms with E-state index in [9.17, 15) is 0 Å². The van der Waals surface area contributed by atoms with Crippen molar-refractivity contribution in [2.75, 3.05) is 0 Å². The Kier molecular flexibility index (Phi) is 8.51. The number of rotatable bonds is 7. The molecule has 14 heavy (non-hydrogen) atoms. The van der Waals surface area contributed by atoms with Crippen LogP contribution in [0.3, 0.4) is 0 Å². The van der Waals surface area contributed by atoms with E-state index < -0.39 is 6.00 Å². The van der Waals surface area contributed by atoms with Crippen molar-refractivity contribution >= 4 is 39.2 Å². The molecule has 0 saturated carbocycles. The normalized spacial score (nSPS) is 14.9. The Hall–Kier alpha value is 0.827. The molecule has 0 aromatic heterocycles. The minimum atomic E-state index is -2.51. The molecular weight excluding hydrogens is 255 g/mol. The van der Waals surface area contributed by atoms with E-state index in [-0.39, 0.29) is 5.54 Å². The second kappa shape index (κ2) is 8.03. The molecular formula is C10H19Cl3Si. The third kappa shape index (κ3) is 8.16. The van der Waals surface area contributed by atoms with Gasteiger partial charge in [0, 0.05) is 5.54 Å². The summed E-state index contributed by atoms with van der Waals surface area (Å²) >= 11 is 17.6. The van der Waals surface area contributed by atoms with Crippen LogP contribution < -0.4 is 0 Å². The van der Waals surface area contributed by atoms with Crippen molar-refractivity contribution in [3.63, 3.8) is 0 Å². The Bertz CT molecular complexity index is 163. The molecule has 0 rings (SSSR count). The molecule has 1 unspecified atom stereocenters. The number of halogens is 3. The zero-order valence-corrected chi connectivity index (χ0v) is 12.2. The van der Waals surface area contributed by atoms with Crippen LogP contribution in [0.25, 0.3) is 0 Å². The molecule has 0 aromatic carbocycles. The molecule has 0 nitrogen and oxygen atoms in total. The topological polar surface area (TPSA) is 0 Å². The molecule has 0 aliphatic heterocycles. The molecule has 0 N–H and O–H groups in total. The van der Waals surface area contributed by atoms with Gasteiger partial charge >= 0.3 is 6.00 Å². The lowest BCUT2D eigenvalue weighted by Gasteiger charge is -2.12. The van der Waals surface area contributed by atoms with Crippen molar-refractivity contribution in [3.05, 3.63) is 12.2 Å². The first-order valence-electron chi connectivity index (χ1n) is 5.21. The summed E-state index contributed by atoms with van der Waals surface area (Å²) in [5.74, 6) is 0. The molecule has 0 aliphatic rings. The van der Waals surface area contributed by atoms with Gasteiger partial charge in [-0.15, -0.1) is 33.2 Å². The Morgan fingerprint density at radius 1 is 1.14 bits per heavy atom. The van der Waals surface area contributed by atoms with E-state index in [1.54, 1.807) is 0 Å². The van der Waals surface area contributed by atoms with Gasteiger partial charge in [0.1, 0.15) is 0 Å². The van der Waals surface area contributed by atoms with Gasteiger partial charge in [-0.3, -0.25) is 0 Å². The van der Waals surface area contributed by atoms with Gasteiger partial charge in [0.15, 0.2) is 0 Å². The molecule has 0 bridgehead atoms. The number of hydrogen-bond acceptors (Lipinski definition) is 0. The maximum atomic E-state index is 5.86. The molecule has 84 valence electrons. The van der Waals surface area contributed by atoms with Gasteiger partial charge in [-0.2, -0.15) is 0 Å². The molecule has 0 aliphatic carbocycles. The van der Waals surface area contributed by atoms with Crippen LogP contribution in [-0.4, -0.2) is 6.00 Å². The zero-order valence-electron chi connectivity index (χ0n) is 8.90. The van der Waals surface area contributed by atoms with Gasteiger partial charge in [0.2, 0.25) is 0 Å². The van der Waals surface area contributed by atoms with Crippen molar-refractivity contribution in [1.82, 2.24) is 0 Å². The van der Waals surface area contributed by atoms with Crippen LogP contribution in [0.5, 0.6) is 0 Å². The van der Waals surface area contributed by atoms with Gasteiger partial charge in [0.25, 0.3) is 0 Å². The van der Waals surface area contributed by atoms with Gasteiger partial charge in [0.05, 0.1) is 0 Å². The molecule has 0 radical (unpaired) electrons. The van der Waals surface area contributed by atoms with Gasteiger partial charge in [-0.1, -0.05) is 45.3 Å². The summed E-state index contributed by atoms with van der Waals surface area (Å²) in [5, 5.41) is 0. The largest absolute Gasteiger partial charge is 0.347 e. The standard InChI is InChI=1S/C10H19Cl3Si/c1-3-4-5-6-7-8-9-10(2)14(11,12)13/h8-10H,3-7H2,1-2H3/b9-8+. The molecule has 4 heteroatoms. The van der Waals surface area contributed by atoms with Crippen LogP contribution in [0.2, 0.25) is 5.54 Å². The fourth-order valence-corrected chi connectivity index (χ4v) is 2.11. The molecule has 0 heterocycles. The second-order valence-corrected chi connectivity index (χ2v) is 12.7. The van der Waals surface area contributed by atoms with E-state index in [1.807, 2.05) is 13.0 Å². The maximum Gasteiger partial charge on any atom is 0.347 e. The molecule has 0 saturated heterocycles. The van der Waals surface area contributed by atoms with Crippen LogP contribution in [0, 0.1) is 0 Å². The predicted octanol–water partition coefficient (Wildman–Crippen LogP) is 5.56. The summed E-state index contributed by atoms with van der Waals surface area (Å²) in [6, 6.07) is -2.51. The lowest BCUT2D eigenvalue weighted by molar-refractivity contribution is 0.674. The molecule has 0 spiro atoms. The van der Waals surface area contributed by atoms with Crippen LogP contribution in [0.15, 0.2) is 12.2 Å². The Labute approximate surface area is 103 Å². The summed E-state index contributed by atoms with van der Waals surface area (Å²) in [5.41, 5.74) is 0.124. The summed E-state index contributed by atoms with van der Waals surface area (Å²) < 4.78 is 0. The number of unbranched alkanes of at least 4 members (excludes halogenated alkanes) is 4. The SMILES string of the molecule is CCCCCC/C=C/C(C)[Si](Cl)(Cl)Cl. The second-order valence-electron chi connectivity index (χ2n) is 3.61. The van der Waals surface area contributed by atoms with Crippen molar-refractivity contribution in [1.29, 1.82) is 0 Å². The first-order valence-corrected chi connectivity index (χ1v) is 10.3. The minimum Gasteiger partial charge on any atom is -0.125 e. The maximum absolute atomic E-state index is 5.86. The monoisotopic (exact) mass is 272 g/mol. The van der Waals surface area contributed by atoms with E-state index in [0.29, 0.717) is 0 Å². The lowest BCUT2D eigenvalue weighted by atomic mass is 10.1. The van der Waals surface area contributed by atoms with Crippen molar-refractivity contribution < 1.29 is 0 Å². The highest BCUT2D eigenvalue weighted by Gasteiger charge is 2.30. The zero-order chi connectivity index (χ0) is 11.0. The highest BCUT2D eigenvalue weighted by Crippen LogP contribution is 2.34. The van der Waals surface area contributed by atoms with E-state index in [0.717, 1.165) is 6.42 Å². The quantitative estimate of drug-likeness (QED) is 0.247. The summed E-state index contributed by atoms with van der Waals surface area (Å²) in [4.78, 5) is 0.